The third-order valence-corrected chi connectivity index (χ3v) is 4.63. The van der Waals surface area contributed by atoms with Gasteiger partial charge in [-0.15, -0.1) is 0 Å². The molecule has 1 N–H and O–H groups in total. The Hall–Kier alpha value is -3.14. The molecule has 0 aliphatic carbocycles. The van der Waals surface area contributed by atoms with E-state index in [1.54, 1.807) is 0 Å². The van der Waals surface area contributed by atoms with Crippen molar-refractivity contribution in [2.24, 2.45) is 0 Å². The molecular formula is C26H31NO3. The normalized spacial score (nSPS) is 10.4. The van der Waals surface area contributed by atoms with Crippen molar-refractivity contribution in [3.63, 3.8) is 0 Å². The number of ether oxygens (including phenoxy) is 3. The second-order valence-corrected chi connectivity index (χ2v) is 7.09. The fourth-order valence-electron chi connectivity index (χ4n) is 2.98. The summed E-state index contributed by atoms with van der Waals surface area (Å²) >= 11 is 0. The van der Waals surface area contributed by atoms with Crippen molar-refractivity contribution in [3.8, 4) is 17.2 Å². The Balaban J connectivity index is 1.39. The van der Waals surface area contributed by atoms with Crippen molar-refractivity contribution in [2.75, 3.05) is 25.1 Å². The highest BCUT2D eigenvalue weighted by Gasteiger charge is 2.00. The number of nitrogens with one attached hydrogen (secondary N) is 1. The van der Waals surface area contributed by atoms with Crippen molar-refractivity contribution in [1.82, 2.24) is 0 Å². The zero-order chi connectivity index (χ0) is 20.9. The fourth-order valence-corrected chi connectivity index (χ4v) is 2.98. The summed E-state index contributed by atoms with van der Waals surface area (Å²) in [5, 5.41) is 3.44. The SMILES string of the molecule is CCCCCOc1ccc(CNc2cccc(OCCOc3ccccc3)c2)cc1. The molecule has 0 radical (unpaired) electrons. The van der Waals surface area contributed by atoms with Crippen LogP contribution in [0.5, 0.6) is 17.2 Å². The van der Waals surface area contributed by atoms with E-state index >= 15 is 0 Å². The summed E-state index contributed by atoms with van der Waals surface area (Å²) in [6.07, 6.45) is 3.53. The molecule has 0 saturated carbocycles. The maximum atomic E-state index is 5.81. The van der Waals surface area contributed by atoms with Crippen LogP contribution in [0.1, 0.15) is 31.7 Å². The summed E-state index contributed by atoms with van der Waals surface area (Å²) < 4.78 is 17.2. The van der Waals surface area contributed by atoms with Gasteiger partial charge in [-0.05, 0) is 48.4 Å². The van der Waals surface area contributed by atoms with Crippen molar-refractivity contribution in [1.29, 1.82) is 0 Å². The topological polar surface area (TPSA) is 39.7 Å². The maximum absolute atomic E-state index is 5.81. The van der Waals surface area contributed by atoms with Crippen LogP contribution in [0.4, 0.5) is 5.69 Å². The van der Waals surface area contributed by atoms with E-state index < -0.39 is 0 Å². The molecule has 0 heterocycles. The Labute approximate surface area is 179 Å². The molecule has 0 bridgehead atoms. The quantitative estimate of drug-likeness (QED) is 0.338. The molecule has 3 rings (SSSR count). The highest BCUT2D eigenvalue weighted by Crippen LogP contribution is 2.19. The first-order valence-electron chi connectivity index (χ1n) is 10.7. The molecule has 0 aliphatic heterocycles. The van der Waals surface area contributed by atoms with Gasteiger partial charge in [0.15, 0.2) is 0 Å². The van der Waals surface area contributed by atoms with E-state index in [0.29, 0.717) is 13.2 Å². The lowest BCUT2D eigenvalue weighted by atomic mass is 10.2. The van der Waals surface area contributed by atoms with Crippen molar-refractivity contribution < 1.29 is 14.2 Å². The predicted octanol–water partition coefficient (Wildman–Crippen LogP) is 6.33. The van der Waals surface area contributed by atoms with E-state index in [0.717, 1.165) is 42.5 Å². The highest BCUT2D eigenvalue weighted by molar-refractivity contribution is 5.48. The minimum atomic E-state index is 0.498. The van der Waals surface area contributed by atoms with Gasteiger partial charge in [-0.25, -0.2) is 0 Å². The van der Waals surface area contributed by atoms with E-state index in [4.69, 9.17) is 14.2 Å². The standard InChI is InChI=1S/C26H31NO3/c1-2-3-7-17-28-25-15-13-22(14-16-25)21-27-23-9-8-12-26(20-23)30-19-18-29-24-10-5-4-6-11-24/h4-6,8-16,20,27H,2-3,7,17-19,21H2,1H3. The van der Waals surface area contributed by atoms with Crippen molar-refractivity contribution in [2.45, 2.75) is 32.7 Å². The number of anilines is 1. The molecule has 0 fully saturated rings. The van der Waals surface area contributed by atoms with Crippen LogP contribution >= 0.6 is 0 Å². The molecule has 4 heteroatoms. The van der Waals surface area contributed by atoms with Crippen LogP contribution in [0, 0.1) is 0 Å². The monoisotopic (exact) mass is 405 g/mol. The molecule has 3 aromatic carbocycles. The van der Waals surface area contributed by atoms with E-state index in [-0.39, 0.29) is 0 Å². The van der Waals surface area contributed by atoms with Crippen LogP contribution in [-0.2, 0) is 6.54 Å². The van der Waals surface area contributed by atoms with Gasteiger partial charge in [0.2, 0.25) is 0 Å². The predicted molar refractivity (Wildman–Crippen MR) is 123 cm³/mol. The number of hydrogen-bond acceptors (Lipinski definition) is 4. The van der Waals surface area contributed by atoms with Gasteiger partial charge in [0, 0.05) is 18.3 Å². The summed E-state index contributed by atoms with van der Waals surface area (Å²) in [5.74, 6) is 2.62. The summed E-state index contributed by atoms with van der Waals surface area (Å²) in [6, 6.07) is 26.0. The molecule has 0 saturated heterocycles. The average Bonchev–Trinajstić information content (AvgIpc) is 2.80. The first-order chi connectivity index (χ1) is 14.8. The van der Waals surface area contributed by atoms with E-state index in [1.807, 2.05) is 66.7 Å². The van der Waals surface area contributed by atoms with Gasteiger partial charge >= 0.3 is 0 Å². The number of para-hydroxylation sites is 1. The summed E-state index contributed by atoms with van der Waals surface area (Å²) in [4.78, 5) is 0. The molecule has 4 nitrogen and oxygen atoms in total. The van der Waals surface area contributed by atoms with E-state index in [2.05, 4.69) is 24.4 Å². The molecule has 0 spiro atoms. The van der Waals surface area contributed by atoms with Gasteiger partial charge in [0.25, 0.3) is 0 Å². The third kappa shape index (κ3) is 7.70. The highest BCUT2D eigenvalue weighted by atomic mass is 16.5. The molecule has 3 aromatic rings. The van der Waals surface area contributed by atoms with E-state index in [1.165, 1.54) is 18.4 Å². The minimum absolute atomic E-state index is 0.498. The Bertz CT molecular complexity index is 850. The van der Waals surface area contributed by atoms with Gasteiger partial charge in [0.1, 0.15) is 30.5 Å². The fraction of sp³-hybridized carbons (Fsp3) is 0.308. The molecule has 0 aliphatic rings. The van der Waals surface area contributed by atoms with E-state index in [9.17, 15) is 0 Å². The smallest absolute Gasteiger partial charge is 0.122 e. The minimum Gasteiger partial charge on any atom is -0.494 e. The number of benzene rings is 3. The lowest BCUT2D eigenvalue weighted by Crippen LogP contribution is -2.09. The molecule has 0 unspecified atom stereocenters. The molecule has 0 atom stereocenters. The van der Waals surface area contributed by atoms with Crippen LogP contribution < -0.4 is 19.5 Å². The number of unbranched alkanes of at least 4 members (excludes halogenated alkanes) is 2. The molecule has 0 amide bonds. The van der Waals surface area contributed by atoms with Crippen LogP contribution in [0.15, 0.2) is 78.9 Å². The number of hydrogen-bond donors (Lipinski definition) is 1. The Morgan fingerprint density at radius 1 is 0.633 bits per heavy atom. The Kier molecular flexibility index (Phi) is 8.93. The first kappa shape index (κ1) is 21.6. The lowest BCUT2D eigenvalue weighted by Gasteiger charge is -2.11. The summed E-state index contributed by atoms with van der Waals surface area (Å²) in [5.41, 5.74) is 2.23. The van der Waals surface area contributed by atoms with Crippen molar-refractivity contribution >= 4 is 5.69 Å². The molecule has 0 aromatic heterocycles. The zero-order valence-electron chi connectivity index (χ0n) is 17.7. The average molecular weight is 406 g/mol. The van der Waals surface area contributed by atoms with Crippen LogP contribution in [0.3, 0.4) is 0 Å². The molecular weight excluding hydrogens is 374 g/mol. The van der Waals surface area contributed by atoms with Crippen molar-refractivity contribution in [3.05, 3.63) is 84.4 Å². The van der Waals surface area contributed by atoms with Crippen LogP contribution in [-0.4, -0.2) is 19.8 Å². The largest absolute Gasteiger partial charge is 0.494 e. The van der Waals surface area contributed by atoms with Gasteiger partial charge < -0.3 is 19.5 Å². The molecule has 158 valence electrons. The lowest BCUT2D eigenvalue weighted by molar-refractivity contribution is 0.217. The Morgan fingerprint density at radius 2 is 1.30 bits per heavy atom. The second kappa shape index (κ2) is 12.4. The van der Waals surface area contributed by atoms with Gasteiger partial charge in [-0.1, -0.05) is 56.2 Å². The summed E-state index contributed by atoms with van der Waals surface area (Å²) in [7, 11) is 0. The van der Waals surface area contributed by atoms with Gasteiger partial charge in [-0.2, -0.15) is 0 Å². The van der Waals surface area contributed by atoms with Crippen LogP contribution in [0.25, 0.3) is 0 Å². The van der Waals surface area contributed by atoms with Gasteiger partial charge in [0.05, 0.1) is 6.61 Å². The summed E-state index contributed by atoms with van der Waals surface area (Å²) in [6.45, 7) is 4.74. The number of rotatable bonds is 13. The zero-order valence-corrected chi connectivity index (χ0v) is 17.7. The molecule has 30 heavy (non-hydrogen) atoms. The Morgan fingerprint density at radius 3 is 2.07 bits per heavy atom. The third-order valence-electron chi connectivity index (χ3n) is 4.63. The second-order valence-electron chi connectivity index (χ2n) is 7.09. The maximum Gasteiger partial charge on any atom is 0.122 e. The van der Waals surface area contributed by atoms with Gasteiger partial charge in [-0.3, -0.25) is 0 Å². The first-order valence-corrected chi connectivity index (χ1v) is 10.7. The van der Waals surface area contributed by atoms with Crippen LogP contribution in [0.2, 0.25) is 0 Å².